The van der Waals surface area contributed by atoms with Crippen LogP contribution in [-0.4, -0.2) is 12.2 Å². The molecule has 2 aromatic carbocycles. The molecule has 0 saturated carbocycles. The minimum absolute atomic E-state index is 0.601. The second-order valence-electron chi connectivity index (χ2n) is 4.61. The molecule has 0 fully saturated rings. The number of benzene rings is 2. The van der Waals surface area contributed by atoms with E-state index in [0.717, 1.165) is 31.6 Å². The maximum absolute atomic E-state index is 10.5. The van der Waals surface area contributed by atoms with Crippen molar-refractivity contribution in [2.45, 2.75) is 20.0 Å². The van der Waals surface area contributed by atoms with Gasteiger partial charge >= 0.3 is 0 Å². The number of aryl methyl sites for hydroxylation is 2. The Labute approximate surface area is 127 Å². The van der Waals surface area contributed by atoms with Gasteiger partial charge in [0.15, 0.2) is 0 Å². The lowest BCUT2D eigenvalue weighted by Crippen LogP contribution is -2.04. The first-order valence-electron chi connectivity index (χ1n) is 6.12. The lowest BCUT2D eigenvalue weighted by atomic mass is 9.97. The van der Waals surface area contributed by atoms with Gasteiger partial charge in [0.25, 0.3) is 0 Å². The summed E-state index contributed by atoms with van der Waals surface area (Å²) in [5, 5.41) is 10.5. The second kappa shape index (κ2) is 5.92. The van der Waals surface area contributed by atoms with Gasteiger partial charge in [0.05, 0.1) is 7.11 Å². The van der Waals surface area contributed by atoms with Crippen LogP contribution in [0.5, 0.6) is 5.75 Å². The molecule has 2 aromatic rings. The number of hydrogen-bond donors (Lipinski definition) is 1. The van der Waals surface area contributed by atoms with Crippen LogP contribution in [0, 0.1) is 17.4 Å². The third-order valence-corrected chi connectivity index (χ3v) is 4.18. The zero-order valence-electron chi connectivity index (χ0n) is 11.3. The summed E-state index contributed by atoms with van der Waals surface area (Å²) in [7, 11) is 1.67. The standard InChI is InChI=1S/C16H17IO2/c1-10-8-12(9-11(2)16(10)19-3)15(18)13-6-4-5-7-14(13)17/h4-9,15,18H,1-3H3. The van der Waals surface area contributed by atoms with Gasteiger partial charge in [-0.1, -0.05) is 18.2 Å². The summed E-state index contributed by atoms with van der Waals surface area (Å²) in [6.07, 6.45) is -0.601. The van der Waals surface area contributed by atoms with Gasteiger partial charge in [-0.15, -0.1) is 0 Å². The molecule has 0 aromatic heterocycles. The Morgan fingerprint density at radius 2 is 1.68 bits per heavy atom. The summed E-state index contributed by atoms with van der Waals surface area (Å²) in [5.74, 6) is 0.888. The summed E-state index contributed by atoms with van der Waals surface area (Å²) in [6, 6.07) is 11.9. The predicted octanol–water partition coefficient (Wildman–Crippen LogP) is 4.00. The Bertz CT molecular complexity index is 570. The highest BCUT2D eigenvalue weighted by molar-refractivity contribution is 14.1. The maximum Gasteiger partial charge on any atom is 0.124 e. The van der Waals surface area contributed by atoms with E-state index in [2.05, 4.69) is 22.6 Å². The van der Waals surface area contributed by atoms with Gasteiger partial charge in [0.2, 0.25) is 0 Å². The molecule has 0 aliphatic heterocycles. The van der Waals surface area contributed by atoms with Crippen LogP contribution in [-0.2, 0) is 0 Å². The van der Waals surface area contributed by atoms with Crippen LogP contribution in [0.2, 0.25) is 0 Å². The van der Waals surface area contributed by atoms with E-state index < -0.39 is 6.10 Å². The molecule has 3 heteroatoms. The second-order valence-corrected chi connectivity index (χ2v) is 5.77. The van der Waals surface area contributed by atoms with Crippen LogP contribution in [0.4, 0.5) is 0 Å². The molecule has 0 radical (unpaired) electrons. The van der Waals surface area contributed by atoms with Crippen LogP contribution >= 0.6 is 22.6 Å². The number of rotatable bonds is 3. The first kappa shape index (κ1) is 14.3. The Hall–Kier alpha value is -1.07. The van der Waals surface area contributed by atoms with Crippen molar-refractivity contribution in [3.63, 3.8) is 0 Å². The van der Waals surface area contributed by atoms with Gasteiger partial charge in [-0.2, -0.15) is 0 Å². The van der Waals surface area contributed by atoms with Gasteiger partial charge in [0, 0.05) is 3.57 Å². The van der Waals surface area contributed by atoms with E-state index in [1.54, 1.807) is 7.11 Å². The van der Waals surface area contributed by atoms with E-state index >= 15 is 0 Å². The van der Waals surface area contributed by atoms with Gasteiger partial charge in [-0.05, 0) is 76.9 Å². The molecular weight excluding hydrogens is 351 g/mol. The van der Waals surface area contributed by atoms with Crippen molar-refractivity contribution in [3.8, 4) is 5.75 Å². The SMILES string of the molecule is COc1c(C)cc(C(O)c2ccccc2I)cc1C. The lowest BCUT2D eigenvalue weighted by Gasteiger charge is -2.17. The van der Waals surface area contributed by atoms with Crippen molar-refractivity contribution in [3.05, 3.63) is 62.2 Å². The van der Waals surface area contributed by atoms with Crippen molar-refractivity contribution < 1.29 is 9.84 Å². The van der Waals surface area contributed by atoms with Gasteiger partial charge in [0.1, 0.15) is 11.9 Å². The summed E-state index contributed by atoms with van der Waals surface area (Å²) in [6.45, 7) is 4.00. The topological polar surface area (TPSA) is 29.5 Å². The van der Waals surface area contributed by atoms with E-state index in [0.29, 0.717) is 0 Å². The fourth-order valence-corrected chi connectivity index (χ4v) is 3.02. The maximum atomic E-state index is 10.5. The fourth-order valence-electron chi connectivity index (χ4n) is 2.34. The summed E-state index contributed by atoms with van der Waals surface area (Å²) < 4.78 is 6.43. The van der Waals surface area contributed by atoms with Crippen LogP contribution in [0.25, 0.3) is 0 Å². The van der Waals surface area contributed by atoms with Gasteiger partial charge < -0.3 is 9.84 Å². The smallest absolute Gasteiger partial charge is 0.124 e. The average molecular weight is 368 g/mol. The van der Waals surface area contributed by atoms with Crippen molar-refractivity contribution in [1.82, 2.24) is 0 Å². The molecule has 0 heterocycles. The highest BCUT2D eigenvalue weighted by atomic mass is 127. The Kier molecular flexibility index (Phi) is 4.47. The van der Waals surface area contributed by atoms with Crippen LogP contribution in [0.15, 0.2) is 36.4 Å². The minimum Gasteiger partial charge on any atom is -0.496 e. The Morgan fingerprint density at radius 1 is 1.11 bits per heavy atom. The number of ether oxygens (including phenoxy) is 1. The lowest BCUT2D eigenvalue weighted by molar-refractivity contribution is 0.219. The van der Waals surface area contributed by atoms with E-state index in [4.69, 9.17) is 4.74 Å². The fraction of sp³-hybridized carbons (Fsp3) is 0.250. The quantitative estimate of drug-likeness (QED) is 0.830. The van der Waals surface area contributed by atoms with Crippen molar-refractivity contribution in [1.29, 1.82) is 0 Å². The Balaban J connectivity index is 2.45. The van der Waals surface area contributed by atoms with Crippen molar-refractivity contribution >= 4 is 22.6 Å². The molecule has 19 heavy (non-hydrogen) atoms. The first-order valence-corrected chi connectivity index (χ1v) is 7.20. The molecule has 0 aliphatic rings. The summed E-state index contributed by atoms with van der Waals surface area (Å²) in [5.41, 5.74) is 3.93. The highest BCUT2D eigenvalue weighted by Crippen LogP contribution is 2.31. The van der Waals surface area contributed by atoms with Crippen LogP contribution < -0.4 is 4.74 Å². The summed E-state index contributed by atoms with van der Waals surface area (Å²) >= 11 is 2.25. The molecule has 1 N–H and O–H groups in total. The molecule has 100 valence electrons. The van der Waals surface area contributed by atoms with Crippen LogP contribution in [0.3, 0.4) is 0 Å². The van der Waals surface area contributed by atoms with Crippen molar-refractivity contribution in [2.75, 3.05) is 7.11 Å². The summed E-state index contributed by atoms with van der Waals surface area (Å²) in [4.78, 5) is 0. The highest BCUT2D eigenvalue weighted by Gasteiger charge is 2.15. The van der Waals surface area contributed by atoms with E-state index in [9.17, 15) is 5.11 Å². The molecule has 2 rings (SSSR count). The van der Waals surface area contributed by atoms with Crippen LogP contribution in [0.1, 0.15) is 28.4 Å². The molecular formula is C16H17IO2. The number of aliphatic hydroxyl groups excluding tert-OH is 1. The van der Waals surface area contributed by atoms with E-state index in [1.807, 2.05) is 50.2 Å². The largest absolute Gasteiger partial charge is 0.496 e. The van der Waals surface area contributed by atoms with Crippen molar-refractivity contribution in [2.24, 2.45) is 0 Å². The first-order chi connectivity index (χ1) is 9.04. The zero-order chi connectivity index (χ0) is 14.0. The number of hydrogen-bond acceptors (Lipinski definition) is 2. The number of halogens is 1. The van der Waals surface area contributed by atoms with E-state index in [-0.39, 0.29) is 0 Å². The molecule has 1 atom stereocenters. The average Bonchev–Trinajstić information content (AvgIpc) is 2.38. The van der Waals surface area contributed by atoms with Gasteiger partial charge in [-0.3, -0.25) is 0 Å². The molecule has 0 saturated heterocycles. The third-order valence-electron chi connectivity index (χ3n) is 3.20. The molecule has 2 nitrogen and oxygen atoms in total. The molecule has 0 aliphatic carbocycles. The Morgan fingerprint density at radius 3 is 2.21 bits per heavy atom. The number of aliphatic hydroxyl groups is 1. The van der Waals surface area contributed by atoms with Gasteiger partial charge in [-0.25, -0.2) is 0 Å². The zero-order valence-corrected chi connectivity index (χ0v) is 13.4. The molecule has 0 amide bonds. The molecule has 0 bridgehead atoms. The predicted molar refractivity (Wildman–Crippen MR) is 85.7 cm³/mol. The molecule has 0 spiro atoms. The third kappa shape index (κ3) is 2.92. The van der Waals surface area contributed by atoms with E-state index in [1.165, 1.54) is 0 Å². The normalized spacial score (nSPS) is 12.3. The minimum atomic E-state index is -0.601. The molecule has 1 unspecified atom stereocenters. The number of methoxy groups -OCH3 is 1. The monoisotopic (exact) mass is 368 g/mol.